The predicted molar refractivity (Wildman–Crippen MR) is 144 cm³/mol. The van der Waals surface area contributed by atoms with Crippen LogP contribution in [0.2, 0.25) is 0 Å². The molecule has 3 aromatic carbocycles. The summed E-state index contributed by atoms with van der Waals surface area (Å²) in [4.78, 5) is 0. The number of sulfonamides is 2. The number of nitrogens with zero attached hydrogens (tertiary/aromatic N) is 2. The van der Waals surface area contributed by atoms with Crippen LogP contribution in [-0.2, 0) is 39.7 Å². The van der Waals surface area contributed by atoms with Gasteiger partial charge in [0.05, 0.1) is 6.54 Å². The van der Waals surface area contributed by atoms with Crippen LogP contribution >= 0.6 is 0 Å². The Hall–Kier alpha value is -2.94. The molecule has 0 aliphatic carbocycles. The van der Waals surface area contributed by atoms with E-state index in [-0.39, 0.29) is 0 Å². The summed E-state index contributed by atoms with van der Waals surface area (Å²) in [5.41, 5.74) is -8.13. The van der Waals surface area contributed by atoms with Crippen molar-refractivity contribution in [2.75, 3.05) is 6.54 Å². The van der Waals surface area contributed by atoms with E-state index in [0.29, 0.717) is 0 Å². The smallest absolute Gasteiger partial charge is 0.421 e. The maximum Gasteiger partial charge on any atom is 0.480 e. The second-order valence-electron chi connectivity index (χ2n) is 9.27. The molecule has 3 rings (SSSR count). The topological polar surface area (TPSA) is 82.4 Å². The third kappa shape index (κ3) is 10.8. The van der Waals surface area contributed by atoms with E-state index in [1.807, 2.05) is 0 Å². The van der Waals surface area contributed by atoms with Gasteiger partial charge in [-0.2, -0.15) is 26.3 Å². The van der Waals surface area contributed by atoms with Crippen molar-refractivity contribution in [3.63, 3.8) is 0 Å². The van der Waals surface area contributed by atoms with Gasteiger partial charge >= 0.3 is 11.0 Å². The molecule has 0 aliphatic heterocycles. The second kappa shape index (κ2) is 14.3. The largest absolute Gasteiger partial charge is 0.480 e. The van der Waals surface area contributed by atoms with Gasteiger partial charge < -0.3 is 8.61 Å². The molecule has 0 bridgehead atoms. The van der Waals surface area contributed by atoms with Crippen LogP contribution < -0.4 is 0 Å². The number of hydrogen-bond acceptors (Lipinski definition) is 4. The lowest BCUT2D eigenvalue weighted by Gasteiger charge is -2.39. The minimum Gasteiger partial charge on any atom is -0.421 e. The lowest BCUT2D eigenvalue weighted by Crippen LogP contribution is -2.46. The van der Waals surface area contributed by atoms with Gasteiger partial charge in [-0.3, -0.25) is 0 Å². The molecule has 0 saturated heterocycles. The normalized spacial score (nSPS) is 12.9. The van der Waals surface area contributed by atoms with Crippen molar-refractivity contribution in [2.24, 2.45) is 0 Å². The lowest BCUT2D eigenvalue weighted by atomic mass is 10.1. The number of alkyl halides is 6. The zero-order valence-electron chi connectivity index (χ0n) is 22.0. The van der Waals surface area contributed by atoms with Gasteiger partial charge in [0.15, 0.2) is 20.0 Å². The SMILES string of the molecule is CCCC[N+](Cc1ccccc1)(Cc1ccccc1)Cc1ccccc1.O=S(=O)([N-]S(=O)(=O)C(F)(F)F)C(F)(F)F. The van der Waals surface area contributed by atoms with Crippen LogP contribution in [0.15, 0.2) is 91.0 Å². The van der Waals surface area contributed by atoms with Crippen molar-refractivity contribution in [2.45, 2.75) is 50.4 Å². The number of unbranched alkanes of at least 4 members (excludes halogenated alkanes) is 1. The van der Waals surface area contributed by atoms with Crippen molar-refractivity contribution in [3.8, 4) is 0 Å². The molecule has 0 amide bonds. The number of halogens is 6. The third-order valence-electron chi connectivity index (χ3n) is 5.85. The number of hydrogen-bond donors (Lipinski definition) is 0. The molecule has 0 radical (unpaired) electrons. The van der Waals surface area contributed by atoms with Crippen LogP contribution in [-0.4, -0.2) is 38.9 Å². The van der Waals surface area contributed by atoms with E-state index in [0.717, 1.165) is 28.2 Å². The van der Waals surface area contributed by atoms with Crippen LogP contribution in [0.1, 0.15) is 36.5 Å². The van der Waals surface area contributed by atoms with Crippen LogP contribution in [0.4, 0.5) is 26.3 Å². The molecule has 41 heavy (non-hydrogen) atoms. The Morgan fingerprint density at radius 2 is 0.878 bits per heavy atom. The Bertz CT molecular complexity index is 1270. The molecule has 0 aliphatic rings. The van der Waals surface area contributed by atoms with Crippen molar-refractivity contribution >= 4 is 20.0 Å². The van der Waals surface area contributed by atoms with E-state index in [2.05, 4.69) is 97.9 Å². The van der Waals surface area contributed by atoms with E-state index in [4.69, 9.17) is 0 Å². The highest BCUT2D eigenvalue weighted by atomic mass is 32.3. The standard InChI is InChI=1S/C25H30N.C2F6NO4S2/c1-2-3-19-26(20-23-13-7-4-8-14-23,21-24-15-9-5-10-16-24)22-25-17-11-6-12-18-25;3-1(4,5)14(10,11)9-15(12,13)2(6,7)8/h4-18H,2-3,19-22H2,1H3;/q+1;-1. The summed E-state index contributed by atoms with van der Waals surface area (Å²) in [5, 5.41) is 0. The lowest BCUT2D eigenvalue weighted by molar-refractivity contribution is -0.966. The van der Waals surface area contributed by atoms with Gasteiger partial charge in [0.1, 0.15) is 19.6 Å². The zero-order valence-corrected chi connectivity index (χ0v) is 23.6. The molecular formula is C27H30F6N2O4S2. The first-order chi connectivity index (χ1) is 19.0. The fourth-order valence-electron chi connectivity index (χ4n) is 4.02. The summed E-state index contributed by atoms with van der Waals surface area (Å²) in [6, 6.07) is 32.9. The predicted octanol–water partition coefficient (Wildman–Crippen LogP) is 7.26. The summed E-state index contributed by atoms with van der Waals surface area (Å²) in [6.45, 7) is 6.72. The Balaban J connectivity index is 0.000000337. The van der Waals surface area contributed by atoms with E-state index in [1.54, 1.807) is 0 Å². The minimum absolute atomic E-state index is 0.778. The van der Waals surface area contributed by atoms with Gasteiger partial charge in [0, 0.05) is 16.7 Å². The van der Waals surface area contributed by atoms with E-state index in [9.17, 15) is 43.2 Å². The number of quaternary nitrogens is 1. The molecule has 0 N–H and O–H groups in total. The van der Waals surface area contributed by atoms with Crippen LogP contribution in [0.25, 0.3) is 4.13 Å². The van der Waals surface area contributed by atoms with Crippen molar-refractivity contribution in [1.29, 1.82) is 0 Å². The van der Waals surface area contributed by atoms with Gasteiger partial charge in [-0.25, -0.2) is 16.8 Å². The average Bonchev–Trinajstić information content (AvgIpc) is 2.88. The molecule has 0 atom stereocenters. The number of benzene rings is 3. The molecule has 6 nitrogen and oxygen atoms in total. The van der Waals surface area contributed by atoms with Crippen molar-refractivity contribution < 1.29 is 47.7 Å². The van der Waals surface area contributed by atoms with Gasteiger partial charge in [0.25, 0.3) is 0 Å². The summed E-state index contributed by atoms with van der Waals surface area (Å²) in [7, 11) is -13.4. The van der Waals surface area contributed by atoms with E-state index < -0.39 is 31.1 Å². The Kier molecular flexibility index (Phi) is 11.9. The summed E-state index contributed by atoms with van der Waals surface area (Å²) in [6.07, 6.45) is 2.49. The van der Waals surface area contributed by atoms with Gasteiger partial charge in [-0.05, 0) is 6.42 Å². The molecule has 0 unspecified atom stereocenters. The highest BCUT2D eigenvalue weighted by Crippen LogP contribution is 2.36. The molecule has 0 spiro atoms. The summed E-state index contributed by atoms with van der Waals surface area (Å²) < 4.78 is 110. The van der Waals surface area contributed by atoms with E-state index in [1.165, 1.54) is 36.1 Å². The van der Waals surface area contributed by atoms with Gasteiger partial charge in [-0.1, -0.05) is 104 Å². The van der Waals surface area contributed by atoms with Gasteiger partial charge in [0.2, 0.25) is 0 Å². The maximum atomic E-state index is 11.4. The Morgan fingerprint density at radius 3 is 1.12 bits per heavy atom. The highest BCUT2D eigenvalue weighted by Gasteiger charge is 2.47. The summed E-state index contributed by atoms with van der Waals surface area (Å²) >= 11 is 0. The zero-order chi connectivity index (χ0) is 30.8. The monoisotopic (exact) mass is 624 g/mol. The van der Waals surface area contributed by atoms with Crippen LogP contribution in [0.3, 0.4) is 0 Å². The quantitative estimate of drug-likeness (QED) is 0.166. The van der Waals surface area contributed by atoms with Crippen LogP contribution in [0, 0.1) is 0 Å². The molecule has 3 aromatic rings. The average molecular weight is 625 g/mol. The number of rotatable bonds is 11. The highest BCUT2D eigenvalue weighted by molar-refractivity contribution is 8.13. The van der Waals surface area contributed by atoms with Crippen LogP contribution in [0.5, 0.6) is 0 Å². The third-order valence-corrected chi connectivity index (χ3v) is 8.59. The Morgan fingerprint density at radius 1 is 0.585 bits per heavy atom. The molecular weight excluding hydrogens is 594 g/mol. The molecule has 0 heterocycles. The fourth-order valence-corrected chi connectivity index (χ4v) is 5.73. The fraction of sp³-hybridized carbons (Fsp3) is 0.333. The molecule has 14 heteroatoms. The summed E-state index contributed by atoms with van der Waals surface area (Å²) in [5.74, 6) is 0. The first-order valence-corrected chi connectivity index (χ1v) is 15.2. The molecule has 0 saturated carbocycles. The van der Waals surface area contributed by atoms with E-state index >= 15 is 0 Å². The maximum absolute atomic E-state index is 11.4. The van der Waals surface area contributed by atoms with Crippen molar-refractivity contribution in [3.05, 3.63) is 112 Å². The first kappa shape index (κ1) is 34.3. The van der Waals surface area contributed by atoms with Gasteiger partial charge in [-0.15, -0.1) is 0 Å². The minimum atomic E-state index is -6.72. The molecule has 226 valence electrons. The second-order valence-corrected chi connectivity index (χ2v) is 12.7. The molecule has 0 fully saturated rings. The molecule has 0 aromatic heterocycles. The first-order valence-electron chi connectivity index (χ1n) is 12.3. The Labute approximate surface area is 236 Å². The van der Waals surface area contributed by atoms with Crippen molar-refractivity contribution in [1.82, 2.24) is 0 Å².